The van der Waals surface area contributed by atoms with Crippen molar-refractivity contribution >= 4 is 0 Å². The first-order valence-electron chi connectivity index (χ1n) is 8.45. The average molecular weight is 318 g/mol. The molecule has 1 saturated heterocycles. The third-order valence-corrected chi connectivity index (χ3v) is 5.04. The molecule has 23 heavy (non-hydrogen) atoms. The number of fused-ring (bicyclic) bond motifs is 1. The fraction of sp³-hybridized carbons (Fsp3) is 0.600. The van der Waals surface area contributed by atoms with Gasteiger partial charge in [-0.3, -0.25) is 0 Å². The fourth-order valence-electron chi connectivity index (χ4n) is 3.59. The molecule has 0 aromatic carbocycles. The van der Waals surface area contributed by atoms with E-state index in [1.807, 2.05) is 51.2 Å². The predicted molar refractivity (Wildman–Crippen MR) is 94.1 cm³/mol. The smallest absolute Gasteiger partial charge is 0.113 e. The van der Waals surface area contributed by atoms with Crippen molar-refractivity contribution in [2.75, 3.05) is 13.2 Å². The molecule has 1 aliphatic carbocycles. The Hall–Kier alpha value is -1.16. The zero-order valence-corrected chi connectivity index (χ0v) is 14.6. The van der Waals surface area contributed by atoms with Gasteiger partial charge in [0.05, 0.1) is 18.8 Å². The molecule has 128 valence electrons. The maximum absolute atomic E-state index is 10.5. The van der Waals surface area contributed by atoms with E-state index in [0.29, 0.717) is 13.0 Å². The number of aliphatic hydroxyl groups is 2. The molecule has 0 bridgehead atoms. The van der Waals surface area contributed by atoms with Gasteiger partial charge in [-0.1, -0.05) is 48.1 Å². The molecule has 3 heteroatoms. The maximum atomic E-state index is 10.5. The Morgan fingerprint density at radius 2 is 2.22 bits per heavy atom. The Balaban J connectivity index is 2.31. The summed E-state index contributed by atoms with van der Waals surface area (Å²) in [6.45, 7) is 10.7. The van der Waals surface area contributed by atoms with Gasteiger partial charge in [-0.05, 0) is 40.0 Å². The van der Waals surface area contributed by atoms with Crippen LogP contribution in [0.4, 0.5) is 0 Å². The van der Waals surface area contributed by atoms with Crippen molar-refractivity contribution in [3.8, 4) is 0 Å². The van der Waals surface area contributed by atoms with Crippen LogP contribution in [0.2, 0.25) is 0 Å². The number of allylic oxidation sites excluding steroid dienone is 4. The van der Waals surface area contributed by atoms with Crippen molar-refractivity contribution in [2.45, 2.75) is 51.2 Å². The third-order valence-electron chi connectivity index (χ3n) is 5.04. The lowest BCUT2D eigenvalue weighted by Gasteiger charge is -2.33. The minimum atomic E-state index is -0.817. The molecule has 0 aromatic heterocycles. The Morgan fingerprint density at radius 3 is 2.87 bits per heavy atom. The van der Waals surface area contributed by atoms with E-state index >= 15 is 0 Å². The zero-order chi connectivity index (χ0) is 17.1. The molecule has 1 unspecified atom stereocenters. The summed E-state index contributed by atoms with van der Waals surface area (Å²) in [6.07, 6.45) is 12.1. The summed E-state index contributed by atoms with van der Waals surface area (Å²) >= 11 is 0. The van der Waals surface area contributed by atoms with E-state index in [2.05, 4.69) is 6.58 Å². The van der Waals surface area contributed by atoms with Crippen LogP contribution in [-0.2, 0) is 4.74 Å². The standard InChI is InChI=1S/C20H30O3/c1-15(2)7-5-11-20(14-21)18-9-12-19(4,22)10-6-8-16(3)17(18)13-23-20/h5-7,10-11,17-18,21-22H,3,8-9,12-14H2,1-2,4H3/b10-6-,11-5+/t17-,18-,19+,20?/m0/s1. The van der Waals surface area contributed by atoms with Crippen LogP contribution >= 0.6 is 0 Å². The molecule has 2 rings (SSSR count). The summed E-state index contributed by atoms with van der Waals surface area (Å²) < 4.78 is 6.08. The Labute approximate surface area is 140 Å². The molecular weight excluding hydrogens is 288 g/mol. The molecule has 0 aromatic rings. The SMILES string of the molecule is C=C1C/C=C\[C@@](C)(O)CC[C@H]2[C@H]1COC2(/C=C/C=C(C)C)CO. The van der Waals surface area contributed by atoms with E-state index in [4.69, 9.17) is 4.74 Å². The van der Waals surface area contributed by atoms with Crippen molar-refractivity contribution in [1.29, 1.82) is 0 Å². The highest BCUT2D eigenvalue weighted by atomic mass is 16.5. The molecule has 2 aliphatic rings. The number of ether oxygens (including phenoxy) is 1. The molecule has 2 N–H and O–H groups in total. The summed E-state index contributed by atoms with van der Waals surface area (Å²) in [4.78, 5) is 0. The summed E-state index contributed by atoms with van der Waals surface area (Å²) in [5.41, 5.74) is 0.826. The first-order valence-corrected chi connectivity index (χ1v) is 8.45. The fourth-order valence-corrected chi connectivity index (χ4v) is 3.59. The van der Waals surface area contributed by atoms with Crippen LogP contribution in [-0.4, -0.2) is 34.6 Å². The molecule has 4 atom stereocenters. The van der Waals surface area contributed by atoms with Crippen LogP contribution in [0.15, 0.2) is 48.1 Å². The summed E-state index contributed by atoms with van der Waals surface area (Å²) in [5.74, 6) is 0.352. The van der Waals surface area contributed by atoms with Crippen LogP contribution in [0.5, 0.6) is 0 Å². The van der Waals surface area contributed by atoms with Gasteiger partial charge in [-0.25, -0.2) is 0 Å². The Morgan fingerprint density at radius 1 is 1.48 bits per heavy atom. The molecule has 1 heterocycles. The average Bonchev–Trinajstić information content (AvgIpc) is 2.84. The van der Waals surface area contributed by atoms with Crippen LogP contribution in [0.1, 0.15) is 40.0 Å². The zero-order valence-electron chi connectivity index (χ0n) is 14.6. The first-order chi connectivity index (χ1) is 10.8. The lowest BCUT2D eigenvalue weighted by molar-refractivity contribution is -0.0294. The second-order valence-corrected chi connectivity index (χ2v) is 7.40. The highest BCUT2D eigenvalue weighted by Crippen LogP contribution is 2.45. The van der Waals surface area contributed by atoms with Crippen LogP contribution in [0.3, 0.4) is 0 Å². The highest BCUT2D eigenvalue weighted by Gasteiger charge is 2.48. The second kappa shape index (κ2) is 7.16. The molecule has 0 spiro atoms. The lowest BCUT2D eigenvalue weighted by atomic mass is 9.74. The van der Waals surface area contributed by atoms with Crippen molar-refractivity contribution < 1.29 is 14.9 Å². The van der Waals surface area contributed by atoms with Gasteiger partial charge >= 0.3 is 0 Å². The molecule has 0 saturated carbocycles. The Bertz CT molecular complexity index is 523. The number of rotatable bonds is 3. The molecule has 1 aliphatic heterocycles. The number of hydrogen-bond donors (Lipinski definition) is 2. The van der Waals surface area contributed by atoms with E-state index < -0.39 is 11.2 Å². The quantitative estimate of drug-likeness (QED) is 0.618. The second-order valence-electron chi connectivity index (χ2n) is 7.40. The minimum absolute atomic E-state index is 0.0515. The topological polar surface area (TPSA) is 49.7 Å². The van der Waals surface area contributed by atoms with Gasteiger partial charge in [-0.15, -0.1) is 0 Å². The predicted octanol–water partition coefficient (Wildman–Crippen LogP) is 3.55. The third kappa shape index (κ3) is 4.23. The summed E-state index contributed by atoms with van der Waals surface area (Å²) in [7, 11) is 0. The highest BCUT2D eigenvalue weighted by molar-refractivity contribution is 5.23. The van der Waals surface area contributed by atoms with Crippen LogP contribution in [0.25, 0.3) is 0 Å². The van der Waals surface area contributed by atoms with E-state index in [1.165, 1.54) is 5.57 Å². The van der Waals surface area contributed by atoms with E-state index in [0.717, 1.165) is 18.4 Å². The molecule has 0 radical (unpaired) electrons. The summed E-state index contributed by atoms with van der Waals surface area (Å²) in [6, 6.07) is 0. The van der Waals surface area contributed by atoms with Crippen molar-refractivity contribution in [3.63, 3.8) is 0 Å². The largest absolute Gasteiger partial charge is 0.393 e. The van der Waals surface area contributed by atoms with Crippen LogP contribution < -0.4 is 0 Å². The molecule has 0 amide bonds. The van der Waals surface area contributed by atoms with Gasteiger partial charge < -0.3 is 14.9 Å². The normalized spacial score (nSPS) is 39.4. The van der Waals surface area contributed by atoms with Crippen LogP contribution in [0, 0.1) is 11.8 Å². The van der Waals surface area contributed by atoms with Crippen molar-refractivity contribution in [2.24, 2.45) is 11.8 Å². The van der Waals surface area contributed by atoms with Gasteiger partial charge in [-0.2, -0.15) is 0 Å². The molecular formula is C20H30O3. The maximum Gasteiger partial charge on any atom is 0.113 e. The number of hydrogen-bond acceptors (Lipinski definition) is 3. The molecule has 3 nitrogen and oxygen atoms in total. The Kier molecular flexibility index (Phi) is 5.66. The van der Waals surface area contributed by atoms with E-state index in [-0.39, 0.29) is 18.4 Å². The van der Waals surface area contributed by atoms with Gasteiger partial charge in [0.15, 0.2) is 0 Å². The van der Waals surface area contributed by atoms with E-state index in [1.54, 1.807) is 0 Å². The lowest BCUT2D eigenvalue weighted by Crippen LogP contribution is -2.40. The minimum Gasteiger partial charge on any atom is -0.393 e. The van der Waals surface area contributed by atoms with Gasteiger partial charge in [0.25, 0.3) is 0 Å². The monoisotopic (exact) mass is 318 g/mol. The first kappa shape index (κ1) is 18.2. The number of aliphatic hydroxyl groups excluding tert-OH is 1. The van der Waals surface area contributed by atoms with Crippen molar-refractivity contribution in [1.82, 2.24) is 0 Å². The van der Waals surface area contributed by atoms with Gasteiger partial charge in [0.1, 0.15) is 5.60 Å². The summed E-state index contributed by atoms with van der Waals surface area (Å²) in [5, 5.41) is 20.5. The molecule has 1 fully saturated rings. The van der Waals surface area contributed by atoms with Crippen molar-refractivity contribution in [3.05, 3.63) is 48.1 Å². The van der Waals surface area contributed by atoms with Gasteiger partial charge in [0.2, 0.25) is 0 Å². The van der Waals surface area contributed by atoms with E-state index in [9.17, 15) is 10.2 Å². The van der Waals surface area contributed by atoms with Gasteiger partial charge in [0, 0.05) is 11.8 Å².